The number of rotatable bonds is 5. The Morgan fingerprint density at radius 2 is 1.65 bits per heavy atom. The summed E-state index contributed by atoms with van der Waals surface area (Å²) in [7, 11) is 0. The fourth-order valence-electron chi connectivity index (χ4n) is 4.87. The summed E-state index contributed by atoms with van der Waals surface area (Å²) >= 11 is 6.66. The van der Waals surface area contributed by atoms with Gasteiger partial charge >= 0.3 is 0 Å². The molecule has 4 nitrogen and oxygen atoms in total. The van der Waals surface area contributed by atoms with Crippen LogP contribution in [-0.2, 0) is 10.2 Å². The number of piperidine rings is 2. The van der Waals surface area contributed by atoms with Crippen molar-refractivity contribution in [2.45, 2.75) is 57.4 Å². The highest BCUT2D eigenvalue weighted by atomic mass is 35.5. The number of halogens is 1. The van der Waals surface area contributed by atoms with E-state index in [9.17, 15) is 4.79 Å². The molecule has 2 aromatic carbocycles. The molecule has 2 saturated heterocycles. The predicted octanol–water partition coefficient (Wildman–Crippen LogP) is 5.71. The van der Waals surface area contributed by atoms with Gasteiger partial charge in [0.15, 0.2) is 0 Å². The Morgan fingerprint density at radius 3 is 2.29 bits per heavy atom. The average Bonchev–Trinajstić information content (AvgIpc) is 2.80. The minimum absolute atomic E-state index is 0.0372. The van der Waals surface area contributed by atoms with Crippen LogP contribution in [0.15, 0.2) is 48.5 Å². The van der Waals surface area contributed by atoms with Crippen LogP contribution in [0.1, 0.15) is 51.5 Å². The number of amides is 1. The van der Waals surface area contributed by atoms with Crippen LogP contribution in [0.5, 0.6) is 0 Å². The largest absolute Gasteiger partial charge is 0.370 e. The zero-order valence-corrected chi connectivity index (χ0v) is 19.5. The second kappa shape index (κ2) is 9.62. The summed E-state index contributed by atoms with van der Waals surface area (Å²) in [6.07, 6.45) is 6.47. The minimum atomic E-state index is -0.622. The van der Waals surface area contributed by atoms with Gasteiger partial charge in [-0.1, -0.05) is 48.4 Å². The maximum atomic E-state index is 12.9. The van der Waals surface area contributed by atoms with Gasteiger partial charge < -0.3 is 15.1 Å². The summed E-state index contributed by atoms with van der Waals surface area (Å²) in [5.74, 6) is -0.0372. The molecule has 0 aromatic heterocycles. The van der Waals surface area contributed by atoms with Gasteiger partial charge in [-0.15, -0.1) is 0 Å². The Kier molecular flexibility index (Phi) is 6.88. The van der Waals surface area contributed by atoms with Crippen molar-refractivity contribution < 1.29 is 4.79 Å². The normalized spacial score (nSPS) is 18.7. The van der Waals surface area contributed by atoms with Gasteiger partial charge in [-0.3, -0.25) is 4.79 Å². The van der Waals surface area contributed by atoms with E-state index in [0.717, 1.165) is 30.0 Å². The monoisotopic (exact) mass is 439 g/mol. The van der Waals surface area contributed by atoms with Gasteiger partial charge in [0.25, 0.3) is 0 Å². The molecule has 4 rings (SSSR count). The van der Waals surface area contributed by atoms with E-state index in [-0.39, 0.29) is 5.91 Å². The molecule has 2 fully saturated rings. The minimum Gasteiger partial charge on any atom is -0.370 e. The first kappa shape index (κ1) is 22.2. The molecule has 0 unspecified atom stereocenters. The number of hydrogen-bond donors (Lipinski definition) is 1. The van der Waals surface area contributed by atoms with Gasteiger partial charge in [0.05, 0.1) is 16.1 Å². The molecule has 0 radical (unpaired) electrons. The molecule has 0 aliphatic carbocycles. The third-order valence-corrected chi connectivity index (χ3v) is 7.28. The van der Waals surface area contributed by atoms with E-state index in [1.165, 1.54) is 45.2 Å². The Bertz CT molecular complexity index is 885. The molecule has 0 saturated carbocycles. The number of nitrogens with zero attached hydrogens (tertiary/aromatic N) is 2. The Balaban J connectivity index is 1.38. The molecule has 0 atom stereocenters. The molecule has 2 aromatic rings. The van der Waals surface area contributed by atoms with E-state index in [0.29, 0.717) is 11.1 Å². The molecule has 5 heteroatoms. The highest BCUT2D eigenvalue weighted by Crippen LogP contribution is 2.33. The maximum absolute atomic E-state index is 12.9. The molecule has 31 heavy (non-hydrogen) atoms. The van der Waals surface area contributed by atoms with E-state index >= 15 is 0 Å². The summed E-state index contributed by atoms with van der Waals surface area (Å²) < 4.78 is 0. The Morgan fingerprint density at radius 1 is 0.968 bits per heavy atom. The first-order chi connectivity index (χ1) is 14.9. The first-order valence-corrected chi connectivity index (χ1v) is 12.0. The van der Waals surface area contributed by atoms with Crippen molar-refractivity contribution in [3.63, 3.8) is 0 Å². The molecule has 1 N–H and O–H groups in total. The molecule has 2 aliphatic heterocycles. The molecule has 1 amide bonds. The van der Waals surface area contributed by atoms with Gasteiger partial charge in [-0.2, -0.15) is 0 Å². The van der Waals surface area contributed by atoms with Crippen molar-refractivity contribution in [3.05, 3.63) is 59.1 Å². The fraction of sp³-hybridized carbons (Fsp3) is 0.500. The fourth-order valence-corrected chi connectivity index (χ4v) is 5.17. The highest BCUT2D eigenvalue weighted by Gasteiger charge is 2.30. The molecule has 2 aliphatic rings. The highest BCUT2D eigenvalue weighted by molar-refractivity contribution is 6.33. The average molecular weight is 440 g/mol. The lowest BCUT2D eigenvalue weighted by atomic mass is 9.83. The van der Waals surface area contributed by atoms with Gasteiger partial charge in [-0.05, 0) is 76.4 Å². The lowest BCUT2D eigenvalue weighted by Crippen LogP contribution is -2.46. The second-order valence-electron chi connectivity index (χ2n) is 9.43. The Labute approximate surface area is 191 Å². The van der Waals surface area contributed by atoms with Crippen molar-refractivity contribution in [1.82, 2.24) is 4.90 Å². The van der Waals surface area contributed by atoms with E-state index in [2.05, 4.69) is 21.2 Å². The van der Waals surface area contributed by atoms with Gasteiger partial charge in [0.1, 0.15) is 0 Å². The lowest BCUT2D eigenvalue weighted by Gasteiger charge is -2.41. The van der Waals surface area contributed by atoms with Crippen molar-refractivity contribution >= 4 is 28.9 Å². The third kappa shape index (κ3) is 5.07. The van der Waals surface area contributed by atoms with Crippen molar-refractivity contribution in [2.24, 2.45) is 0 Å². The van der Waals surface area contributed by atoms with Crippen LogP contribution < -0.4 is 10.2 Å². The van der Waals surface area contributed by atoms with Gasteiger partial charge in [-0.25, -0.2) is 0 Å². The number of carbonyl (C=O) groups excluding carboxylic acids is 1. The van der Waals surface area contributed by atoms with Crippen LogP contribution in [0.4, 0.5) is 11.4 Å². The summed E-state index contributed by atoms with van der Waals surface area (Å²) in [4.78, 5) is 18.0. The summed E-state index contributed by atoms with van der Waals surface area (Å²) in [5.41, 5.74) is 2.18. The number of nitrogens with one attached hydrogen (secondary N) is 1. The van der Waals surface area contributed by atoms with Crippen molar-refractivity contribution in [1.29, 1.82) is 0 Å². The lowest BCUT2D eigenvalue weighted by molar-refractivity contribution is -0.120. The second-order valence-corrected chi connectivity index (χ2v) is 9.83. The molecule has 2 heterocycles. The van der Waals surface area contributed by atoms with Crippen LogP contribution in [0.3, 0.4) is 0 Å². The number of benzene rings is 2. The molecular formula is C26H34ClN3O. The summed E-state index contributed by atoms with van der Waals surface area (Å²) in [5, 5.41) is 3.75. The topological polar surface area (TPSA) is 35.6 Å². The molecule has 0 spiro atoms. The van der Waals surface area contributed by atoms with Crippen LogP contribution in [-0.4, -0.2) is 43.0 Å². The van der Waals surface area contributed by atoms with E-state index in [1.807, 2.05) is 56.3 Å². The standard InChI is InChI=1S/C26H34ClN3O/c1-26(2,20-9-5-3-6-10-20)25(31)28-21-11-12-24(23(27)19-21)30-17-13-22(14-18-30)29-15-7-4-8-16-29/h3,5-6,9-12,19,22H,4,7-8,13-18H2,1-2H3,(H,28,31). The maximum Gasteiger partial charge on any atom is 0.234 e. The van der Waals surface area contributed by atoms with E-state index < -0.39 is 5.41 Å². The summed E-state index contributed by atoms with van der Waals surface area (Å²) in [6.45, 7) is 8.49. The van der Waals surface area contributed by atoms with Crippen LogP contribution in [0, 0.1) is 0 Å². The Hall–Kier alpha value is -2.04. The van der Waals surface area contributed by atoms with E-state index in [1.54, 1.807) is 0 Å². The number of hydrogen-bond acceptors (Lipinski definition) is 3. The quantitative estimate of drug-likeness (QED) is 0.647. The third-order valence-electron chi connectivity index (χ3n) is 6.98. The first-order valence-electron chi connectivity index (χ1n) is 11.6. The number of likely N-dealkylation sites (tertiary alicyclic amines) is 1. The predicted molar refractivity (Wildman–Crippen MR) is 130 cm³/mol. The van der Waals surface area contributed by atoms with Crippen LogP contribution in [0.25, 0.3) is 0 Å². The van der Waals surface area contributed by atoms with Crippen LogP contribution in [0.2, 0.25) is 5.02 Å². The molecule has 0 bridgehead atoms. The zero-order chi connectivity index (χ0) is 21.8. The van der Waals surface area contributed by atoms with Crippen molar-refractivity contribution in [2.75, 3.05) is 36.4 Å². The smallest absolute Gasteiger partial charge is 0.234 e. The number of carbonyl (C=O) groups is 1. The van der Waals surface area contributed by atoms with Crippen molar-refractivity contribution in [3.8, 4) is 0 Å². The summed E-state index contributed by atoms with van der Waals surface area (Å²) in [6, 6.07) is 16.5. The zero-order valence-electron chi connectivity index (χ0n) is 18.7. The van der Waals surface area contributed by atoms with E-state index in [4.69, 9.17) is 11.6 Å². The SMILES string of the molecule is CC(C)(C(=O)Nc1ccc(N2CCC(N3CCCCC3)CC2)c(Cl)c1)c1ccccc1. The number of anilines is 2. The molecular weight excluding hydrogens is 406 g/mol. The van der Waals surface area contributed by atoms with Gasteiger partial charge in [0, 0.05) is 24.8 Å². The molecule has 166 valence electrons. The van der Waals surface area contributed by atoms with Crippen LogP contribution >= 0.6 is 11.6 Å². The van der Waals surface area contributed by atoms with Gasteiger partial charge in [0.2, 0.25) is 5.91 Å².